The largest absolute Gasteiger partial charge is 0.348 e. The van der Waals surface area contributed by atoms with Gasteiger partial charge in [-0.25, -0.2) is 4.39 Å². The summed E-state index contributed by atoms with van der Waals surface area (Å²) in [5, 5.41) is 7.93. The predicted octanol–water partition coefficient (Wildman–Crippen LogP) is 2.39. The molecular weight excluding hydrogens is 337 g/mol. The molecule has 1 unspecified atom stereocenters. The van der Waals surface area contributed by atoms with E-state index in [0.717, 1.165) is 5.56 Å². The Morgan fingerprint density at radius 1 is 1.08 bits per heavy atom. The molecule has 0 spiro atoms. The third kappa shape index (κ3) is 5.70. The topological polar surface area (TPSA) is 87.3 Å². The molecule has 0 fully saturated rings. The third-order valence-electron chi connectivity index (χ3n) is 3.60. The molecule has 0 aliphatic heterocycles. The summed E-state index contributed by atoms with van der Waals surface area (Å²) >= 11 is 0. The van der Waals surface area contributed by atoms with Gasteiger partial charge in [0.1, 0.15) is 5.82 Å². The van der Waals surface area contributed by atoms with Crippen LogP contribution in [0, 0.1) is 5.82 Å². The van der Waals surface area contributed by atoms with E-state index in [0.29, 0.717) is 5.69 Å². The second-order valence-electron chi connectivity index (χ2n) is 5.79. The van der Waals surface area contributed by atoms with Crippen LogP contribution in [0.1, 0.15) is 35.8 Å². The number of halogens is 1. The molecule has 0 aliphatic carbocycles. The summed E-state index contributed by atoms with van der Waals surface area (Å²) in [4.78, 5) is 35.0. The van der Waals surface area contributed by atoms with Gasteiger partial charge in [-0.1, -0.05) is 12.1 Å². The lowest BCUT2D eigenvalue weighted by molar-refractivity contribution is -0.120. The first-order valence-electron chi connectivity index (χ1n) is 8.06. The van der Waals surface area contributed by atoms with Crippen molar-refractivity contribution in [2.45, 2.75) is 19.9 Å². The van der Waals surface area contributed by atoms with Gasteiger partial charge >= 0.3 is 0 Å². The van der Waals surface area contributed by atoms with Gasteiger partial charge in [-0.2, -0.15) is 0 Å². The van der Waals surface area contributed by atoms with Crippen molar-refractivity contribution in [3.05, 3.63) is 65.5 Å². The maximum absolute atomic E-state index is 12.8. The molecule has 0 aromatic heterocycles. The Hall–Kier alpha value is -3.22. The highest BCUT2D eigenvalue weighted by Gasteiger charge is 2.12. The molecule has 6 nitrogen and oxygen atoms in total. The highest BCUT2D eigenvalue weighted by atomic mass is 19.1. The van der Waals surface area contributed by atoms with Crippen LogP contribution in [0.15, 0.2) is 48.5 Å². The Bertz CT molecular complexity index is 806. The van der Waals surface area contributed by atoms with Gasteiger partial charge in [-0.15, -0.1) is 0 Å². The Kier molecular flexibility index (Phi) is 6.43. The summed E-state index contributed by atoms with van der Waals surface area (Å²) in [6, 6.07) is 11.9. The van der Waals surface area contributed by atoms with Gasteiger partial charge < -0.3 is 16.0 Å². The number of anilines is 1. The van der Waals surface area contributed by atoms with E-state index in [-0.39, 0.29) is 30.0 Å². The Morgan fingerprint density at radius 2 is 1.77 bits per heavy atom. The van der Waals surface area contributed by atoms with E-state index in [2.05, 4.69) is 16.0 Å². The fourth-order valence-electron chi connectivity index (χ4n) is 2.33. The maximum Gasteiger partial charge on any atom is 0.251 e. The van der Waals surface area contributed by atoms with E-state index in [1.54, 1.807) is 25.1 Å². The number of amides is 3. The molecule has 3 amide bonds. The van der Waals surface area contributed by atoms with E-state index in [4.69, 9.17) is 0 Å². The SMILES string of the molecule is CC(=O)Nc1cccc(C(C)NC(=O)CNC(=O)c2ccc(F)cc2)c1. The third-order valence-corrected chi connectivity index (χ3v) is 3.60. The van der Waals surface area contributed by atoms with Gasteiger partial charge in [0.2, 0.25) is 11.8 Å². The number of hydrogen-bond acceptors (Lipinski definition) is 3. The number of carbonyl (C=O) groups is 3. The van der Waals surface area contributed by atoms with Gasteiger partial charge in [-0.05, 0) is 48.9 Å². The molecule has 3 N–H and O–H groups in total. The van der Waals surface area contributed by atoms with Crippen LogP contribution in [0.5, 0.6) is 0 Å². The van der Waals surface area contributed by atoms with Crippen LogP contribution in [0.4, 0.5) is 10.1 Å². The molecule has 0 aliphatic rings. The molecule has 2 aromatic carbocycles. The lowest BCUT2D eigenvalue weighted by Gasteiger charge is -2.16. The predicted molar refractivity (Wildman–Crippen MR) is 96.0 cm³/mol. The molecule has 136 valence electrons. The van der Waals surface area contributed by atoms with Crippen LogP contribution in [-0.2, 0) is 9.59 Å². The highest BCUT2D eigenvalue weighted by molar-refractivity contribution is 5.96. The van der Waals surface area contributed by atoms with Gasteiger partial charge in [0.25, 0.3) is 5.91 Å². The Balaban J connectivity index is 1.88. The number of rotatable bonds is 6. The minimum atomic E-state index is -0.458. The van der Waals surface area contributed by atoms with Crippen molar-refractivity contribution >= 4 is 23.4 Å². The second-order valence-corrected chi connectivity index (χ2v) is 5.79. The van der Waals surface area contributed by atoms with Crippen LogP contribution >= 0.6 is 0 Å². The molecule has 7 heteroatoms. The summed E-state index contributed by atoms with van der Waals surface area (Å²) in [6.07, 6.45) is 0. The fraction of sp³-hybridized carbons (Fsp3) is 0.211. The zero-order chi connectivity index (χ0) is 19.1. The molecule has 0 saturated carbocycles. The average molecular weight is 357 g/mol. The summed E-state index contributed by atoms with van der Waals surface area (Å²) in [6.45, 7) is 3.01. The van der Waals surface area contributed by atoms with Crippen LogP contribution in [-0.4, -0.2) is 24.3 Å². The van der Waals surface area contributed by atoms with E-state index in [1.165, 1.54) is 31.2 Å². The van der Waals surface area contributed by atoms with Crippen LogP contribution in [0.2, 0.25) is 0 Å². The first-order chi connectivity index (χ1) is 12.3. The van der Waals surface area contributed by atoms with Crippen molar-refractivity contribution < 1.29 is 18.8 Å². The van der Waals surface area contributed by atoms with E-state index < -0.39 is 11.7 Å². The normalized spacial score (nSPS) is 11.3. The van der Waals surface area contributed by atoms with Crippen molar-refractivity contribution in [3.8, 4) is 0 Å². The van der Waals surface area contributed by atoms with Crippen LogP contribution < -0.4 is 16.0 Å². The van der Waals surface area contributed by atoms with Crippen molar-refractivity contribution in [1.29, 1.82) is 0 Å². The monoisotopic (exact) mass is 357 g/mol. The zero-order valence-electron chi connectivity index (χ0n) is 14.5. The molecule has 0 bridgehead atoms. The van der Waals surface area contributed by atoms with Crippen LogP contribution in [0.3, 0.4) is 0 Å². The standard InChI is InChI=1S/C19H20FN3O3/c1-12(15-4-3-5-17(10-15)23-13(2)24)22-18(25)11-21-19(26)14-6-8-16(20)9-7-14/h3-10,12H,11H2,1-2H3,(H,21,26)(H,22,25)(H,23,24). The number of hydrogen-bond donors (Lipinski definition) is 3. The first kappa shape index (κ1) is 19.1. The molecule has 2 rings (SSSR count). The lowest BCUT2D eigenvalue weighted by atomic mass is 10.1. The summed E-state index contributed by atoms with van der Waals surface area (Å²) in [5.74, 6) is -1.43. The lowest BCUT2D eigenvalue weighted by Crippen LogP contribution is -2.38. The van der Waals surface area contributed by atoms with E-state index >= 15 is 0 Å². The molecule has 1 atom stereocenters. The number of nitrogens with one attached hydrogen (secondary N) is 3. The number of benzene rings is 2. The summed E-state index contributed by atoms with van der Waals surface area (Å²) in [5.41, 5.74) is 1.73. The van der Waals surface area contributed by atoms with Gasteiger partial charge in [0.15, 0.2) is 0 Å². The van der Waals surface area contributed by atoms with Gasteiger partial charge in [0, 0.05) is 18.2 Å². The smallest absolute Gasteiger partial charge is 0.251 e. The number of carbonyl (C=O) groups excluding carboxylic acids is 3. The summed E-state index contributed by atoms with van der Waals surface area (Å²) in [7, 11) is 0. The van der Waals surface area contributed by atoms with Crippen molar-refractivity contribution in [1.82, 2.24) is 10.6 Å². The van der Waals surface area contributed by atoms with Gasteiger partial charge in [-0.3, -0.25) is 14.4 Å². The molecule has 2 aromatic rings. The van der Waals surface area contributed by atoms with Crippen molar-refractivity contribution in [2.24, 2.45) is 0 Å². The average Bonchev–Trinajstić information content (AvgIpc) is 2.60. The molecular formula is C19H20FN3O3. The summed E-state index contributed by atoms with van der Waals surface area (Å²) < 4.78 is 12.8. The minimum absolute atomic E-state index is 0.178. The van der Waals surface area contributed by atoms with E-state index in [9.17, 15) is 18.8 Å². The Morgan fingerprint density at radius 3 is 2.42 bits per heavy atom. The molecule has 0 heterocycles. The minimum Gasteiger partial charge on any atom is -0.348 e. The molecule has 0 radical (unpaired) electrons. The molecule has 0 saturated heterocycles. The maximum atomic E-state index is 12.8. The fourth-order valence-corrected chi connectivity index (χ4v) is 2.33. The second kappa shape index (κ2) is 8.75. The van der Waals surface area contributed by atoms with E-state index in [1.807, 2.05) is 6.07 Å². The van der Waals surface area contributed by atoms with Gasteiger partial charge in [0.05, 0.1) is 12.6 Å². The molecule has 26 heavy (non-hydrogen) atoms. The quantitative estimate of drug-likeness (QED) is 0.742. The first-order valence-corrected chi connectivity index (χ1v) is 8.06. The highest BCUT2D eigenvalue weighted by Crippen LogP contribution is 2.17. The van der Waals surface area contributed by atoms with Crippen molar-refractivity contribution in [3.63, 3.8) is 0 Å². The van der Waals surface area contributed by atoms with Crippen LogP contribution in [0.25, 0.3) is 0 Å². The Labute approximate surface area is 150 Å². The zero-order valence-corrected chi connectivity index (χ0v) is 14.5. The van der Waals surface area contributed by atoms with Crippen molar-refractivity contribution in [2.75, 3.05) is 11.9 Å².